The van der Waals surface area contributed by atoms with Crippen LogP contribution in [0.15, 0.2) is 48.5 Å². The van der Waals surface area contributed by atoms with Crippen molar-refractivity contribution in [1.29, 1.82) is 0 Å². The Morgan fingerprint density at radius 1 is 0.941 bits per heavy atom. The zero-order chi connectivity index (χ0) is 24.2. The van der Waals surface area contributed by atoms with Crippen LogP contribution < -0.4 is 10.6 Å². The van der Waals surface area contributed by atoms with Gasteiger partial charge in [0, 0.05) is 30.8 Å². The highest BCUT2D eigenvalue weighted by atomic mass is 19.1. The van der Waals surface area contributed by atoms with Crippen molar-refractivity contribution in [1.82, 2.24) is 20.4 Å². The first-order valence-corrected chi connectivity index (χ1v) is 11.0. The van der Waals surface area contributed by atoms with E-state index in [1.54, 1.807) is 0 Å². The Bertz CT molecular complexity index is 1130. The summed E-state index contributed by atoms with van der Waals surface area (Å²) in [7, 11) is 0. The lowest BCUT2D eigenvalue weighted by Crippen LogP contribution is -2.63. The van der Waals surface area contributed by atoms with Crippen molar-refractivity contribution in [2.24, 2.45) is 0 Å². The predicted molar refractivity (Wildman–Crippen MR) is 118 cm³/mol. The maximum Gasteiger partial charge on any atom is 0.254 e. The summed E-state index contributed by atoms with van der Waals surface area (Å²) < 4.78 is 27.3. The number of hydrogen-bond acceptors (Lipinski definition) is 4. The number of rotatable bonds is 4. The highest BCUT2D eigenvalue weighted by Gasteiger charge is 2.39. The SMILES string of the molecule is O=C1NCCCC1NC(=O)C1CN(C(=O)c2cccc(F)c2)CCN1C(=O)c1cccc(F)c1. The van der Waals surface area contributed by atoms with Crippen molar-refractivity contribution in [3.63, 3.8) is 0 Å². The van der Waals surface area contributed by atoms with Crippen molar-refractivity contribution < 1.29 is 28.0 Å². The second kappa shape index (κ2) is 9.98. The largest absolute Gasteiger partial charge is 0.354 e. The summed E-state index contributed by atoms with van der Waals surface area (Å²) in [5.74, 6) is -3.11. The predicted octanol–water partition coefficient (Wildman–Crippen LogP) is 1.33. The quantitative estimate of drug-likeness (QED) is 0.704. The van der Waals surface area contributed by atoms with Crippen LogP contribution in [0.5, 0.6) is 0 Å². The van der Waals surface area contributed by atoms with Crippen molar-refractivity contribution in [2.75, 3.05) is 26.2 Å². The third-order valence-corrected chi connectivity index (χ3v) is 5.98. The molecule has 2 aromatic carbocycles. The summed E-state index contributed by atoms with van der Waals surface area (Å²) in [6, 6.07) is 8.47. The first kappa shape index (κ1) is 23.3. The van der Waals surface area contributed by atoms with Crippen molar-refractivity contribution in [3.05, 3.63) is 71.3 Å². The van der Waals surface area contributed by atoms with E-state index in [1.165, 1.54) is 46.2 Å². The molecule has 0 bridgehead atoms. The molecule has 0 saturated carbocycles. The minimum Gasteiger partial charge on any atom is -0.354 e. The molecule has 2 aromatic rings. The molecule has 4 rings (SSSR count). The Labute approximate surface area is 194 Å². The molecule has 2 unspecified atom stereocenters. The van der Waals surface area contributed by atoms with Gasteiger partial charge in [-0.25, -0.2) is 8.78 Å². The maximum atomic E-state index is 13.7. The zero-order valence-corrected chi connectivity index (χ0v) is 18.3. The average molecular weight is 470 g/mol. The summed E-state index contributed by atoms with van der Waals surface area (Å²) in [5, 5.41) is 5.36. The molecule has 2 aliphatic heterocycles. The molecule has 2 N–H and O–H groups in total. The van der Waals surface area contributed by atoms with Gasteiger partial charge in [-0.3, -0.25) is 19.2 Å². The first-order chi connectivity index (χ1) is 16.3. The van der Waals surface area contributed by atoms with Crippen LogP contribution in [0.25, 0.3) is 0 Å². The average Bonchev–Trinajstić information content (AvgIpc) is 2.84. The fourth-order valence-electron chi connectivity index (χ4n) is 4.20. The molecule has 2 atom stereocenters. The van der Waals surface area contributed by atoms with Gasteiger partial charge in [-0.1, -0.05) is 12.1 Å². The van der Waals surface area contributed by atoms with Gasteiger partial charge in [0.2, 0.25) is 11.8 Å². The molecule has 2 saturated heterocycles. The summed E-state index contributed by atoms with van der Waals surface area (Å²) in [6.07, 6.45) is 1.14. The van der Waals surface area contributed by atoms with E-state index in [9.17, 15) is 28.0 Å². The van der Waals surface area contributed by atoms with E-state index in [0.717, 1.165) is 12.1 Å². The molecule has 0 spiro atoms. The molecule has 4 amide bonds. The van der Waals surface area contributed by atoms with Gasteiger partial charge >= 0.3 is 0 Å². The fourth-order valence-corrected chi connectivity index (χ4v) is 4.20. The molecule has 0 aliphatic carbocycles. The van der Waals surface area contributed by atoms with Crippen LogP contribution in [-0.2, 0) is 9.59 Å². The number of carbonyl (C=O) groups is 4. The maximum absolute atomic E-state index is 13.7. The van der Waals surface area contributed by atoms with Crippen LogP contribution in [0.4, 0.5) is 8.78 Å². The van der Waals surface area contributed by atoms with Gasteiger partial charge in [0.25, 0.3) is 11.8 Å². The molecule has 8 nitrogen and oxygen atoms in total. The first-order valence-electron chi connectivity index (χ1n) is 11.0. The number of nitrogens with one attached hydrogen (secondary N) is 2. The highest BCUT2D eigenvalue weighted by Crippen LogP contribution is 2.19. The molecule has 0 aromatic heterocycles. The minimum atomic E-state index is -1.11. The Morgan fingerprint density at radius 2 is 1.59 bits per heavy atom. The van der Waals surface area contributed by atoms with E-state index in [2.05, 4.69) is 10.6 Å². The van der Waals surface area contributed by atoms with Gasteiger partial charge in [0.1, 0.15) is 23.7 Å². The lowest BCUT2D eigenvalue weighted by Gasteiger charge is -2.41. The van der Waals surface area contributed by atoms with Crippen LogP contribution in [0.3, 0.4) is 0 Å². The van der Waals surface area contributed by atoms with Gasteiger partial charge in [0.15, 0.2) is 0 Å². The molecule has 178 valence electrons. The van der Waals surface area contributed by atoms with Crippen molar-refractivity contribution >= 4 is 23.6 Å². The molecule has 2 fully saturated rings. The standard InChI is InChI=1S/C24H24F2N4O4/c25-17-6-1-4-15(12-17)23(33)29-10-11-30(24(34)16-5-2-7-18(26)13-16)20(14-29)22(32)28-19-8-3-9-27-21(19)31/h1-2,4-7,12-13,19-20H,3,8-11,14H2,(H,27,31)(H,28,32). The van der Waals surface area contributed by atoms with Gasteiger partial charge < -0.3 is 20.4 Å². The van der Waals surface area contributed by atoms with Gasteiger partial charge in [-0.15, -0.1) is 0 Å². The fraction of sp³-hybridized carbons (Fsp3) is 0.333. The monoisotopic (exact) mass is 470 g/mol. The number of amides is 4. The third-order valence-electron chi connectivity index (χ3n) is 5.98. The van der Waals surface area contributed by atoms with Crippen LogP contribution >= 0.6 is 0 Å². The van der Waals surface area contributed by atoms with E-state index in [1.807, 2.05) is 0 Å². The number of nitrogens with zero attached hydrogens (tertiary/aromatic N) is 2. The molecular formula is C24H24F2N4O4. The molecular weight excluding hydrogens is 446 g/mol. The Kier molecular flexibility index (Phi) is 6.85. The van der Waals surface area contributed by atoms with Crippen molar-refractivity contribution in [2.45, 2.75) is 24.9 Å². The molecule has 2 heterocycles. The zero-order valence-electron chi connectivity index (χ0n) is 18.3. The lowest BCUT2D eigenvalue weighted by atomic mass is 10.0. The normalized spacial score (nSPS) is 20.5. The minimum absolute atomic E-state index is 0.00531. The van der Waals surface area contributed by atoms with Crippen LogP contribution in [-0.4, -0.2) is 71.7 Å². The second-order valence-corrected chi connectivity index (χ2v) is 8.28. The molecule has 34 heavy (non-hydrogen) atoms. The Balaban J connectivity index is 1.58. The lowest BCUT2D eigenvalue weighted by molar-refractivity contribution is -0.133. The van der Waals surface area contributed by atoms with E-state index in [4.69, 9.17) is 0 Å². The number of halogens is 2. The Hall–Kier alpha value is -3.82. The second-order valence-electron chi connectivity index (χ2n) is 8.28. The summed E-state index contributed by atoms with van der Waals surface area (Å²) in [4.78, 5) is 54.1. The summed E-state index contributed by atoms with van der Waals surface area (Å²) >= 11 is 0. The third kappa shape index (κ3) is 5.05. The number of benzene rings is 2. The number of piperidine rings is 1. The van der Waals surface area contributed by atoms with E-state index in [0.29, 0.717) is 19.4 Å². The van der Waals surface area contributed by atoms with E-state index >= 15 is 0 Å². The van der Waals surface area contributed by atoms with Crippen LogP contribution in [0.2, 0.25) is 0 Å². The number of hydrogen-bond donors (Lipinski definition) is 2. The van der Waals surface area contributed by atoms with Crippen LogP contribution in [0, 0.1) is 11.6 Å². The smallest absolute Gasteiger partial charge is 0.254 e. The molecule has 2 aliphatic rings. The number of carbonyl (C=O) groups excluding carboxylic acids is 4. The summed E-state index contributed by atoms with van der Waals surface area (Å²) in [6.45, 7) is 0.473. The molecule has 0 radical (unpaired) electrons. The van der Waals surface area contributed by atoms with Gasteiger partial charge in [-0.05, 0) is 49.2 Å². The van der Waals surface area contributed by atoms with E-state index < -0.39 is 41.4 Å². The van der Waals surface area contributed by atoms with Crippen LogP contribution in [0.1, 0.15) is 33.6 Å². The van der Waals surface area contributed by atoms with Gasteiger partial charge in [0.05, 0.1) is 6.54 Å². The highest BCUT2D eigenvalue weighted by molar-refractivity contribution is 6.00. The van der Waals surface area contributed by atoms with Crippen molar-refractivity contribution in [3.8, 4) is 0 Å². The van der Waals surface area contributed by atoms with Gasteiger partial charge in [-0.2, -0.15) is 0 Å². The Morgan fingerprint density at radius 3 is 2.21 bits per heavy atom. The topological polar surface area (TPSA) is 98.8 Å². The van der Waals surface area contributed by atoms with E-state index in [-0.39, 0.29) is 36.7 Å². The molecule has 10 heteroatoms. The summed E-state index contributed by atoms with van der Waals surface area (Å²) in [5.41, 5.74) is 0.189. The number of piperazine rings is 1.